The van der Waals surface area contributed by atoms with Crippen LogP contribution < -0.4 is 5.32 Å². The molecule has 0 atom stereocenters. The Labute approximate surface area is 126 Å². The third-order valence-corrected chi connectivity index (χ3v) is 3.26. The molecule has 0 radical (unpaired) electrons. The van der Waals surface area contributed by atoms with Gasteiger partial charge in [0.25, 0.3) is 5.91 Å². The topological polar surface area (TPSA) is 70.9 Å². The molecule has 1 aromatic carbocycles. The van der Waals surface area contributed by atoms with Gasteiger partial charge in [0.2, 0.25) is 0 Å². The Hall–Kier alpha value is -2.89. The van der Waals surface area contributed by atoms with Gasteiger partial charge in [-0.2, -0.15) is 5.10 Å². The van der Waals surface area contributed by atoms with Gasteiger partial charge in [0, 0.05) is 11.8 Å². The molecule has 2 N–H and O–H groups in total. The Bertz CT molecular complexity index is 836. The van der Waals surface area contributed by atoms with Gasteiger partial charge in [0.1, 0.15) is 17.3 Å². The van der Waals surface area contributed by atoms with Crippen LogP contribution in [0, 0.1) is 19.7 Å². The fourth-order valence-corrected chi connectivity index (χ4v) is 2.06. The number of hydrogen-bond donors (Lipinski definition) is 2. The summed E-state index contributed by atoms with van der Waals surface area (Å²) in [6.07, 6.45) is 0. The normalized spacial score (nSPS) is 10.7. The Morgan fingerprint density at radius 2 is 2.05 bits per heavy atom. The second-order valence-electron chi connectivity index (χ2n) is 4.99. The van der Waals surface area contributed by atoms with Crippen molar-refractivity contribution < 1.29 is 13.6 Å². The Kier molecular flexibility index (Phi) is 3.50. The lowest BCUT2D eigenvalue weighted by atomic mass is 10.2. The predicted molar refractivity (Wildman–Crippen MR) is 80.1 cm³/mol. The number of aromatic amines is 1. The van der Waals surface area contributed by atoms with Crippen LogP contribution in [0.3, 0.4) is 0 Å². The van der Waals surface area contributed by atoms with Gasteiger partial charge in [-0.25, -0.2) is 4.39 Å². The molecule has 112 valence electrons. The maximum absolute atomic E-state index is 13.2. The lowest BCUT2D eigenvalue weighted by molar-refractivity contribution is 0.102. The average Bonchev–Trinajstić information content (AvgIpc) is 3.11. The van der Waals surface area contributed by atoms with E-state index in [1.54, 1.807) is 25.1 Å². The molecule has 0 aliphatic carbocycles. The second-order valence-corrected chi connectivity index (χ2v) is 4.99. The van der Waals surface area contributed by atoms with Crippen LogP contribution in [0.1, 0.15) is 21.8 Å². The van der Waals surface area contributed by atoms with Crippen molar-refractivity contribution in [2.75, 3.05) is 5.32 Å². The third kappa shape index (κ3) is 2.76. The van der Waals surface area contributed by atoms with Crippen LogP contribution in [-0.2, 0) is 0 Å². The summed E-state index contributed by atoms with van der Waals surface area (Å²) in [5, 5.41) is 9.35. The van der Waals surface area contributed by atoms with Crippen LogP contribution >= 0.6 is 0 Å². The molecule has 3 rings (SSSR count). The monoisotopic (exact) mass is 299 g/mol. The van der Waals surface area contributed by atoms with Crippen molar-refractivity contribution in [3.05, 3.63) is 59.2 Å². The van der Waals surface area contributed by atoms with Gasteiger partial charge in [-0.3, -0.25) is 9.89 Å². The summed E-state index contributed by atoms with van der Waals surface area (Å²) >= 11 is 0. The molecular weight excluding hydrogens is 285 g/mol. The largest absolute Gasteiger partial charge is 0.460 e. The highest BCUT2D eigenvalue weighted by Crippen LogP contribution is 2.21. The maximum atomic E-state index is 13.2. The van der Waals surface area contributed by atoms with Crippen LogP contribution in [0.4, 0.5) is 10.1 Å². The minimum atomic E-state index is -0.417. The average molecular weight is 299 g/mol. The van der Waals surface area contributed by atoms with E-state index in [9.17, 15) is 9.18 Å². The third-order valence-electron chi connectivity index (χ3n) is 3.26. The summed E-state index contributed by atoms with van der Waals surface area (Å²) in [5.74, 6) is 0.547. The molecule has 5 nitrogen and oxygen atoms in total. The van der Waals surface area contributed by atoms with Gasteiger partial charge in [0.05, 0.1) is 0 Å². The highest BCUT2D eigenvalue weighted by Gasteiger charge is 2.14. The molecule has 0 unspecified atom stereocenters. The van der Waals surface area contributed by atoms with E-state index in [1.807, 2.05) is 13.0 Å². The molecule has 3 aromatic rings. The number of aromatic nitrogens is 2. The molecule has 0 spiro atoms. The first-order valence-electron chi connectivity index (χ1n) is 6.72. The number of aryl methyl sites for hydroxylation is 2. The first-order valence-corrected chi connectivity index (χ1v) is 6.72. The first-order chi connectivity index (χ1) is 10.5. The molecule has 0 aliphatic rings. The minimum Gasteiger partial charge on any atom is -0.460 e. The minimum absolute atomic E-state index is 0.202. The number of anilines is 1. The molecule has 22 heavy (non-hydrogen) atoms. The summed E-state index contributed by atoms with van der Waals surface area (Å²) in [5.41, 5.74) is 2.00. The van der Waals surface area contributed by atoms with E-state index in [4.69, 9.17) is 4.42 Å². The molecule has 0 fully saturated rings. The summed E-state index contributed by atoms with van der Waals surface area (Å²) in [7, 11) is 0. The van der Waals surface area contributed by atoms with E-state index in [2.05, 4.69) is 15.5 Å². The number of rotatable bonds is 3. The molecule has 2 aromatic heterocycles. The van der Waals surface area contributed by atoms with Crippen molar-refractivity contribution in [1.82, 2.24) is 10.2 Å². The van der Waals surface area contributed by atoms with E-state index >= 15 is 0 Å². The maximum Gasteiger partial charge on any atom is 0.276 e. The van der Waals surface area contributed by atoms with E-state index in [1.165, 1.54) is 12.1 Å². The predicted octanol–water partition coefficient (Wildman–Crippen LogP) is 3.68. The fourth-order valence-electron chi connectivity index (χ4n) is 2.06. The van der Waals surface area contributed by atoms with E-state index in [0.29, 0.717) is 17.1 Å². The number of benzene rings is 1. The molecular formula is C16H14FN3O2. The zero-order valence-corrected chi connectivity index (χ0v) is 12.1. The van der Waals surface area contributed by atoms with Crippen LogP contribution in [0.15, 0.2) is 40.8 Å². The number of hydrogen-bond acceptors (Lipinski definition) is 3. The van der Waals surface area contributed by atoms with Crippen molar-refractivity contribution in [3.63, 3.8) is 0 Å². The summed E-state index contributed by atoms with van der Waals surface area (Å²) < 4.78 is 18.7. The molecule has 0 saturated carbocycles. The second kappa shape index (κ2) is 5.48. The Balaban J connectivity index is 1.81. The number of carbonyl (C=O) groups excluding carboxylic acids is 1. The summed E-state index contributed by atoms with van der Waals surface area (Å²) in [6.45, 7) is 3.62. The van der Waals surface area contributed by atoms with Crippen LogP contribution in [0.2, 0.25) is 0 Å². The molecule has 0 bridgehead atoms. The van der Waals surface area contributed by atoms with Crippen molar-refractivity contribution in [1.29, 1.82) is 0 Å². The van der Waals surface area contributed by atoms with Gasteiger partial charge < -0.3 is 9.73 Å². The molecule has 6 heteroatoms. The van der Waals surface area contributed by atoms with Gasteiger partial charge in [-0.05, 0) is 43.7 Å². The summed E-state index contributed by atoms with van der Waals surface area (Å²) in [4.78, 5) is 12.2. The van der Waals surface area contributed by atoms with Crippen molar-refractivity contribution in [2.24, 2.45) is 0 Å². The Morgan fingerprint density at radius 1 is 1.23 bits per heavy atom. The number of halogens is 1. The highest BCUT2D eigenvalue weighted by molar-refractivity contribution is 6.03. The molecule has 2 heterocycles. The first kappa shape index (κ1) is 14.1. The zero-order valence-electron chi connectivity index (χ0n) is 12.1. The zero-order chi connectivity index (χ0) is 15.7. The molecule has 1 amide bonds. The van der Waals surface area contributed by atoms with Gasteiger partial charge in [0.15, 0.2) is 11.5 Å². The van der Waals surface area contributed by atoms with Crippen LogP contribution in [0.5, 0.6) is 0 Å². The number of carbonyl (C=O) groups is 1. The lowest BCUT2D eigenvalue weighted by Gasteiger charge is -2.06. The number of nitrogens with one attached hydrogen (secondary N) is 2. The molecule has 0 saturated heterocycles. The van der Waals surface area contributed by atoms with Crippen molar-refractivity contribution in [3.8, 4) is 11.5 Å². The van der Waals surface area contributed by atoms with E-state index in [0.717, 1.165) is 11.3 Å². The van der Waals surface area contributed by atoms with E-state index < -0.39 is 11.7 Å². The van der Waals surface area contributed by atoms with Crippen molar-refractivity contribution in [2.45, 2.75) is 13.8 Å². The number of nitrogens with zero attached hydrogens (tertiary/aromatic N) is 1. The van der Waals surface area contributed by atoms with Crippen LogP contribution in [-0.4, -0.2) is 16.1 Å². The number of furan rings is 1. The fraction of sp³-hybridized carbons (Fsp3) is 0.125. The Morgan fingerprint density at radius 3 is 2.77 bits per heavy atom. The molecule has 0 aliphatic heterocycles. The van der Waals surface area contributed by atoms with Gasteiger partial charge in [-0.15, -0.1) is 0 Å². The van der Waals surface area contributed by atoms with Crippen LogP contribution in [0.25, 0.3) is 11.5 Å². The van der Waals surface area contributed by atoms with E-state index in [-0.39, 0.29) is 5.69 Å². The standard InChI is InChI=1S/C16H14FN3O2/c1-9-3-5-11(17)7-12(9)18-16(21)14-8-13(19-20-14)15-6-4-10(2)22-15/h3-8H,1-2H3,(H,18,21)(H,19,20). The van der Waals surface area contributed by atoms with Gasteiger partial charge in [-0.1, -0.05) is 6.07 Å². The van der Waals surface area contributed by atoms with Gasteiger partial charge >= 0.3 is 0 Å². The quantitative estimate of drug-likeness (QED) is 0.775. The smallest absolute Gasteiger partial charge is 0.276 e. The van der Waals surface area contributed by atoms with Crippen molar-refractivity contribution >= 4 is 11.6 Å². The number of H-pyrrole nitrogens is 1. The number of amides is 1. The SMILES string of the molecule is Cc1ccc(-c2cc(C(=O)Nc3cc(F)ccc3C)n[nH]2)o1. The lowest BCUT2D eigenvalue weighted by Crippen LogP contribution is -2.13. The highest BCUT2D eigenvalue weighted by atomic mass is 19.1. The summed E-state index contributed by atoms with van der Waals surface area (Å²) in [6, 6.07) is 9.43.